The molecule has 1 heterocycles. The number of aromatic nitrogens is 1. The van der Waals surface area contributed by atoms with Crippen LogP contribution < -0.4 is 0 Å². The van der Waals surface area contributed by atoms with Crippen molar-refractivity contribution in [3.63, 3.8) is 0 Å². The summed E-state index contributed by atoms with van der Waals surface area (Å²) in [6, 6.07) is 60.5. The first-order valence-electron chi connectivity index (χ1n) is 16.9. The van der Waals surface area contributed by atoms with Crippen molar-refractivity contribution in [1.29, 1.82) is 0 Å². The van der Waals surface area contributed by atoms with Crippen LogP contribution in [-0.4, -0.2) is 4.57 Å². The highest BCUT2D eigenvalue weighted by atomic mass is 15.0. The highest BCUT2D eigenvalue weighted by Gasteiger charge is 2.36. The lowest BCUT2D eigenvalue weighted by Gasteiger charge is -2.21. The fourth-order valence-electron chi connectivity index (χ4n) is 8.57. The number of para-hydroxylation sites is 1. The van der Waals surface area contributed by atoms with E-state index in [4.69, 9.17) is 0 Å². The van der Waals surface area contributed by atoms with Gasteiger partial charge < -0.3 is 4.57 Å². The molecule has 0 spiro atoms. The van der Waals surface area contributed by atoms with Gasteiger partial charge in [0, 0.05) is 21.9 Å². The molecule has 0 N–H and O–H groups in total. The van der Waals surface area contributed by atoms with Crippen LogP contribution in [0, 0.1) is 0 Å². The van der Waals surface area contributed by atoms with E-state index in [2.05, 4.69) is 182 Å². The second-order valence-corrected chi connectivity index (χ2v) is 13.7. The van der Waals surface area contributed by atoms with E-state index in [1.165, 1.54) is 93.5 Å². The first-order valence-corrected chi connectivity index (χ1v) is 16.9. The average Bonchev–Trinajstić information content (AvgIpc) is 3.58. The first kappa shape index (κ1) is 27.2. The van der Waals surface area contributed by atoms with E-state index in [-0.39, 0.29) is 5.41 Å². The van der Waals surface area contributed by atoms with Gasteiger partial charge in [-0.15, -0.1) is 0 Å². The Balaban J connectivity index is 1.19. The lowest BCUT2D eigenvalue weighted by atomic mass is 9.82. The number of hydrogen-bond donors (Lipinski definition) is 0. The maximum atomic E-state index is 2.46. The van der Waals surface area contributed by atoms with Gasteiger partial charge in [-0.05, 0) is 96.4 Å². The number of benzene rings is 8. The molecule has 0 aliphatic heterocycles. The number of nitrogens with zero attached hydrogens (tertiary/aromatic N) is 1. The van der Waals surface area contributed by atoms with Gasteiger partial charge in [0.15, 0.2) is 0 Å². The third kappa shape index (κ3) is 3.73. The summed E-state index contributed by atoms with van der Waals surface area (Å²) in [6.45, 7) is 4.73. The molecule has 1 heteroatoms. The zero-order chi connectivity index (χ0) is 32.0. The lowest BCUT2D eigenvalue weighted by Crippen LogP contribution is -2.14. The Kier molecular flexibility index (Phi) is 5.69. The second kappa shape index (κ2) is 10.0. The molecule has 0 amide bonds. The minimum Gasteiger partial charge on any atom is -0.309 e. The molecule has 0 saturated carbocycles. The molecule has 0 bridgehead atoms. The van der Waals surface area contributed by atoms with E-state index in [9.17, 15) is 0 Å². The van der Waals surface area contributed by atoms with Crippen LogP contribution in [0.1, 0.15) is 25.0 Å². The Morgan fingerprint density at radius 3 is 1.54 bits per heavy atom. The van der Waals surface area contributed by atoms with Crippen molar-refractivity contribution in [2.45, 2.75) is 19.3 Å². The molecule has 9 aromatic rings. The van der Waals surface area contributed by atoms with Crippen molar-refractivity contribution < 1.29 is 0 Å². The Bertz CT molecular complexity index is 2670. The van der Waals surface area contributed by atoms with E-state index < -0.39 is 0 Å². The SMILES string of the molecule is CC1(C)c2ccccc2-c2cc3c4ccccc4n(-c4ccc(-c5c6ccccc6c(-c6ccccc6)c6ccccc56)cc4)c3cc21. The van der Waals surface area contributed by atoms with Gasteiger partial charge in [0.05, 0.1) is 11.0 Å². The third-order valence-corrected chi connectivity index (χ3v) is 10.8. The van der Waals surface area contributed by atoms with Crippen molar-refractivity contribution >= 4 is 43.4 Å². The number of fused-ring (bicyclic) bond motifs is 8. The average molecular weight is 612 g/mol. The maximum absolute atomic E-state index is 2.46. The zero-order valence-corrected chi connectivity index (χ0v) is 27.0. The van der Waals surface area contributed by atoms with Crippen LogP contribution in [0.25, 0.3) is 82.4 Å². The highest BCUT2D eigenvalue weighted by Crippen LogP contribution is 2.51. The monoisotopic (exact) mass is 611 g/mol. The minimum absolute atomic E-state index is 0.0563. The molecule has 1 aliphatic rings. The fourth-order valence-corrected chi connectivity index (χ4v) is 8.57. The van der Waals surface area contributed by atoms with Crippen molar-refractivity contribution in [3.05, 3.63) is 175 Å². The predicted molar refractivity (Wildman–Crippen MR) is 204 cm³/mol. The van der Waals surface area contributed by atoms with Crippen LogP contribution in [0.3, 0.4) is 0 Å². The molecule has 48 heavy (non-hydrogen) atoms. The molecule has 0 atom stereocenters. The van der Waals surface area contributed by atoms with Gasteiger partial charge in [-0.3, -0.25) is 0 Å². The summed E-state index contributed by atoms with van der Waals surface area (Å²) in [5.74, 6) is 0. The topological polar surface area (TPSA) is 4.93 Å². The van der Waals surface area contributed by atoms with Crippen molar-refractivity contribution in [2.24, 2.45) is 0 Å². The molecule has 10 rings (SSSR count). The quantitative estimate of drug-likeness (QED) is 0.175. The van der Waals surface area contributed by atoms with Crippen LogP contribution in [0.5, 0.6) is 0 Å². The lowest BCUT2D eigenvalue weighted by molar-refractivity contribution is 0.661. The van der Waals surface area contributed by atoms with Crippen molar-refractivity contribution in [2.75, 3.05) is 0 Å². The van der Waals surface area contributed by atoms with Gasteiger partial charge in [0.25, 0.3) is 0 Å². The van der Waals surface area contributed by atoms with Crippen LogP contribution in [0.4, 0.5) is 0 Å². The summed E-state index contributed by atoms with van der Waals surface area (Å²) in [6.07, 6.45) is 0. The molecule has 1 aromatic heterocycles. The van der Waals surface area contributed by atoms with Gasteiger partial charge in [0.1, 0.15) is 0 Å². The summed E-state index contributed by atoms with van der Waals surface area (Å²) in [4.78, 5) is 0. The van der Waals surface area contributed by atoms with Crippen molar-refractivity contribution in [3.8, 4) is 39.1 Å². The Hall–Kier alpha value is -5.92. The molecule has 1 aliphatic carbocycles. The van der Waals surface area contributed by atoms with Crippen molar-refractivity contribution in [1.82, 2.24) is 4.57 Å². The van der Waals surface area contributed by atoms with E-state index in [1.807, 2.05) is 0 Å². The normalized spacial score (nSPS) is 13.4. The van der Waals surface area contributed by atoms with E-state index in [0.717, 1.165) is 0 Å². The number of hydrogen-bond acceptors (Lipinski definition) is 0. The summed E-state index contributed by atoms with van der Waals surface area (Å²) in [5.41, 5.74) is 14.2. The van der Waals surface area contributed by atoms with Crippen LogP contribution in [0.15, 0.2) is 164 Å². The van der Waals surface area contributed by atoms with E-state index in [1.54, 1.807) is 0 Å². The van der Waals surface area contributed by atoms with Gasteiger partial charge in [0.2, 0.25) is 0 Å². The zero-order valence-electron chi connectivity index (χ0n) is 27.0. The molecule has 8 aromatic carbocycles. The van der Waals surface area contributed by atoms with Gasteiger partial charge in [-0.2, -0.15) is 0 Å². The summed E-state index contributed by atoms with van der Waals surface area (Å²) >= 11 is 0. The molecule has 226 valence electrons. The molecule has 1 nitrogen and oxygen atoms in total. The molecular weight excluding hydrogens is 579 g/mol. The second-order valence-electron chi connectivity index (χ2n) is 13.7. The van der Waals surface area contributed by atoms with Crippen LogP contribution in [0.2, 0.25) is 0 Å². The van der Waals surface area contributed by atoms with Gasteiger partial charge in [-0.25, -0.2) is 0 Å². The molecule has 0 saturated heterocycles. The van der Waals surface area contributed by atoms with E-state index >= 15 is 0 Å². The molecule has 0 fully saturated rings. The largest absolute Gasteiger partial charge is 0.309 e. The Labute approximate surface area is 280 Å². The van der Waals surface area contributed by atoms with E-state index in [0.29, 0.717) is 0 Å². The smallest absolute Gasteiger partial charge is 0.0544 e. The van der Waals surface area contributed by atoms with Crippen LogP contribution >= 0.6 is 0 Å². The van der Waals surface area contributed by atoms with Gasteiger partial charge in [-0.1, -0.05) is 147 Å². The van der Waals surface area contributed by atoms with Gasteiger partial charge >= 0.3 is 0 Å². The highest BCUT2D eigenvalue weighted by molar-refractivity contribution is 6.21. The summed E-state index contributed by atoms with van der Waals surface area (Å²) < 4.78 is 2.46. The van der Waals surface area contributed by atoms with Crippen LogP contribution in [-0.2, 0) is 5.41 Å². The summed E-state index contributed by atoms with van der Waals surface area (Å²) in [5, 5.41) is 7.70. The predicted octanol–water partition coefficient (Wildman–Crippen LogP) is 12.7. The fraction of sp³-hybridized carbons (Fsp3) is 0.0638. The Morgan fingerprint density at radius 1 is 0.375 bits per heavy atom. The third-order valence-electron chi connectivity index (χ3n) is 10.8. The standard InChI is InChI=1S/C47H33N/c1-47(2)41-22-12-10-16-33(41)39-28-40-34-17-11-13-23-43(34)48(44(40)29-42(39)47)32-26-24-31(25-27-32)46-37-20-8-6-18-35(37)45(30-14-4-3-5-15-30)36-19-7-9-21-38(36)46/h3-29H,1-2H3. The molecule has 0 unspecified atom stereocenters. The first-order chi connectivity index (χ1) is 23.6. The number of rotatable bonds is 3. The maximum Gasteiger partial charge on any atom is 0.0544 e. The Morgan fingerprint density at radius 2 is 0.896 bits per heavy atom. The summed E-state index contributed by atoms with van der Waals surface area (Å²) in [7, 11) is 0. The molecular formula is C47H33N. The minimum atomic E-state index is -0.0563. The molecule has 0 radical (unpaired) electrons.